The van der Waals surface area contributed by atoms with Gasteiger partial charge in [0.2, 0.25) is 0 Å². The zero-order valence-corrected chi connectivity index (χ0v) is 12.5. The van der Waals surface area contributed by atoms with Crippen molar-refractivity contribution in [2.75, 3.05) is 13.7 Å². The molecule has 0 radical (unpaired) electrons. The quantitative estimate of drug-likeness (QED) is 0.655. The minimum absolute atomic E-state index is 0.0336. The van der Waals surface area contributed by atoms with Gasteiger partial charge < -0.3 is 14.9 Å². The minimum Gasteiger partial charge on any atom is -0.507 e. The second kappa shape index (κ2) is 6.95. The van der Waals surface area contributed by atoms with Crippen LogP contribution in [-0.2, 0) is 0 Å². The molecule has 0 aromatic heterocycles. The first-order valence-electron chi connectivity index (χ1n) is 6.40. The Balaban J connectivity index is 2.10. The number of phenols is 2. The number of rotatable bonds is 5. The van der Waals surface area contributed by atoms with Crippen LogP contribution >= 0.6 is 11.6 Å². The number of Topliss-reactive ketones (excluding diaryl/α,β-unsaturated/α-hetero) is 1. The number of hydrogen-bond donors (Lipinski definition) is 2. The van der Waals surface area contributed by atoms with Gasteiger partial charge in [0.1, 0.15) is 23.8 Å². The van der Waals surface area contributed by atoms with Crippen molar-refractivity contribution in [3.05, 3.63) is 52.5 Å². The van der Waals surface area contributed by atoms with Gasteiger partial charge in [-0.1, -0.05) is 11.6 Å². The predicted octanol–water partition coefficient (Wildman–Crippen LogP) is 3.06. The normalized spacial score (nSPS) is 10.8. The molecule has 0 unspecified atom stereocenters. The number of aliphatic imine (C=N–C) groups is 1. The average Bonchev–Trinajstić information content (AvgIpc) is 2.49. The van der Waals surface area contributed by atoms with Gasteiger partial charge in [0.25, 0.3) is 0 Å². The van der Waals surface area contributed by atoms with Crippen LogP contribution in [0.15, 0.2) is 41.4 Å². The topological polar surface area (TPSA) is 79.1 Å². The van der Waals surface area contributed by atoms with E-state index in [1.807, 2.05) is 0 Å². The summed E-state index contributed by atoms with van der Waals surface area (Å²) in [5, 5.41) is 19.7. The highest BCUT2D eigenvalue weighted by molar-refractivity contribution is 6.30. The number of phenolic OH excluding ortho intramolecular Hbond substituents is 2. The number of halogens is 1. The van der Waals surface area contributed by atoms with Gasteiger partial charge in [-0.2, -0.15) is 0 Å². The lowest BCUT2D eigenvalue weighted by atomic mass is 10.1. The molecule has 114 valence electrons. The van der Waals surface area contributed by atoms with E-state index in [-0.39, 0.29) is 29.4 Å². The Hall–Kier alpha value is -2.53. The Morgan fingerprint density at radius 3 is 2.68 bits per heavy atom. The van der Waals surface area contributed by atoms with Gasteiger partial charge in [0.15, 0.2) is 5.78 Å². The van der Waals surface area contributed by atoms with E-state index in [9.17, 15) is 15.0 Å². The highest BCUT2D eigenvalue weighted by Crippen LogP contribution is 2.23. The fourth-order valence-electron chi connectivity index (χ4n) is 1.82. The van der Waals surface area contributed by atoms with Crippen molar-refractivity contribution in [1.82, 2.24) is 0 Å². The van der Waals surface area contributed by atoms with Crippen LogP contribution in [0.25, 0.3) is 0 Å². The summed E-state index contributed by atoms with van der Waals surface area (Å²) in [6.07, 6.45) is 1.38. The molecule has 0 atom stereocenters. The van der Waals surface area contributed by atoms with Crippen molar-refractivity contribution in [3.8, 4) is 17.2 Å². The number of aromatic hydroxyl groups is 2. The molecular weight excluding hydrogens is 306 g/mol. The van der Waals surface area contributed by atoms with Crippen LogP contribution in [0.2, 0.25) is 5.02 Å². The highest BCUT2D eigenvalue weighted by atomic mass is 35.5. The third kappa shape index (κ3) is 3.77. The maximum atomic E-state index is 12.0. The van der Waals surface area contributed by atoms with E-state index < -0.39 is 0 Å². The number of carbonyl (C=O) groups is 1. The molecule has 2 N–H and O–H groups in total. The van der Waals surface area contributed by atoms with Crippen molar-refractivity contribution in [3.63, 3.8) is 0 Å². The van der Waals surface area contributed by atoms with Crippen molar-refractivity contribution in [2.45, 2.75) is 0 Å². The Labute approximate surface area is 132 Å². The van der Waals surface area contributed by atoms with Crippen LogP contribution in [0.4, 0.5) is 0 Å². The fraction of sp³-hybridized carbons (Fsp3) is 0.125. The van der Waals surface area contributed by atoms with Crippen molar-refractivity contribution < 1.29 is 19.7 Å². The van der Waals surface area contributed by atoms with Crippen molar-refractivity contribution in [2.24, 2.45) is 4.99 Å². The number of benzene rings is 2. The standard InChI is InChI=1S/C16H14ClNO4/c1-22-12-3-5-14(19)10(6-12)8-18-9-16(21)13-4-2-11(17)7-15(13)20/h2-8,19-20H,9H2,1H3. The molecule has 5 nitrogen and oxygen atoms in total. The highest BCUT2D eigenvalue weighted by Gasteiger charge is 2.10. The molecule has 0 fully saturated rings. The van der Waals surface area contributed by atoms with Crippen LogP contribution in [0, 0.1) is 0 Å². The van der Waals surface area contributed by atoms with Crippen LogP contribution < -0.4 is 4.74 Å². The lowest BCUT2D eigenvalue weighted by molar-refractivity contribution is 0.0999. The third-order valence-electron chi connectivity index (χ3n) is 2.96. The number of methoxy groups -OCH3 is 1. The van der Waals surface area contributed by atoms with Gasteiger partial charge in [-0.15, -0.1) is 0 Å². The number of ketones is 1. The van der Waals surface area contributed by atoms with Crippen LogP contribution in [0.5, 0.6) is 17.2 Å². The lowest BCUT2D eigenvalue weighted by Crippen LogP contribution is -2.04. The molecule has 0 aliphatic carbocycles. The molecule has 0 spiro atoms. The Bertz CT molecular complexity index is 728. The maximum Gasteiger partial charge on any atom is 0.187 e. The summed E-state index contributed by atoms with van der Waals surface area (Å²) in [7, 11) is 1.51. The van der Waals surface area contributed by atoms with Gasteiger partial charge in [0, 0.05) is 16.8 Å². The van der Waals surface area contributed by atoms with E-state index in [0.717, 1.165) is 0 Å². The number of ether oxygens (including phenoxy) is 1. The third-order valence-corrected chi connectivity index (χ3v) is 3.20. The smallest absolute Gasteiger partial charge is 0.187 e. The lowest BCUT2D eigenvalue weighted by Gasteiger charge is -2.03. The van der Waals surface area contributed by atoms with Crippen molar-refractivity contribution >= 4 is 23.6 Å². The van der Waals surface area contributed by atoms with Crippen LogP contribution in [0.1, 0.15) is 15.9 Å². The molecule has 0 aliphatic heterocycles. The first-order chi connectivity index (χ1) is 10.5. The summed E-state index contributed by atoms with van der Waals surface area (Å²) < 4.78 is 5.05. The zero-order valence-electron chi connectivity index (χ0n) is 11.8. The van der Waals surface area contributed by atoms with Crippen LogP contribution in [0.3, 0.4) is 0 Å². The summed E-state index contributed by atoms with van der Waals surface area (Å²) >= 11 is 5.71. The van der Waals surface area contributed by atoms with Gasteiger partial charge in [-0.05, 0) is 36.4 Å². The summed E-state index contributed by atoms with van der Waals surface area (Å²) in [4.78, 5) is 16.0. The first kappa shape index (κ1) is 15.9. The van der Waals surface area contributed by atoms with E-state index in [1.54, 1.807) is 12.1 Å². The Kier molecular flexibility index (Phi) is 5.01. The Morgan fingerprint density at radius 2 is 2.00 bits per heavy atom. The summed E-state index contributed by atoms with van der Waals surface area (Å²) in [5.74, 6) is 0.0667. The number of carbonyl (C=O) groups excluding carboxylic acids is 1. The molecule has 0 saturated carbocycles. The molecule has 2 rings (SSSR count). The van der Waals surface area contributed by atoms with E-state index in [2.05, 4.69) is 4.99 Å². The fourth-order valence-corrected chi connectivity index (χ4v) is 1.98. The monoisotopic (exact) mass is 319 g/mol. The summed E-state index contributed by atoms with van der Waals surface area (Å²) in [6, 6.07) is 8.96. The molecule has 2 aromatic carbocycles. The molecule has 0 heterocycles. The average molecular weight is 320 g/mol. The second-order valence-corrected chi connectivity index (χ2v) is 4.92. The molecule has 2 aromatic rings. The number of hydrogen-bond acceptors (Lipinski definition) is 5. The molecule has 0 saturated heterocycles. The molecule has 0 amide bonds. The molecule has 6 heteroatoms. The maximum absolute atomic E-state index is 12.0. The van der Waals surface area contributed by atoms with E-state index in [0.29, 0.717) is 16.3 Å². The number of nitrogens with zero attached hydrogens (tertiary/aromatic N) is 1. The SMILES string of the molecule is COc1ccc(O)c(C=NCC(=O)c2ccc(Cl)cc2O)c1. The second-order valence-electron chi connectivity index (χ2n) is 4.48. The molecule has 0 bridgehead atoms. The summed E-state index contributed by atoms with van der Waals surface area (Å²) in [6.45, 7) is -0.161. The van der Waals surface area contributed by atoms with Gasteiger partial charge >= 0.3 is 0 Å². The van der Waals surface area contributed by atoms with Crippen molar-refractivity contribution in [1.29, 1.82) is 0 Å². The van der Waals surface area contributed by atoms with Gasteiger partial charge in [0.05, 0.1) is 12.7 Å². The van der Waals surface area contributed by atoms with Gasteiger partial charge in [-0.3, -0.25) is 9.79 Å². The van der Waals surface area contributed by atoms with Gasteiger partial charge in [-0.25, -0.2) is 0 Å². The Morgan fingerprint density at radius 1 is 1.23 bits per heavy atom. The largest absolute Gasteiger partial charge is 0.507 e. The van der Waals surface area contributed by atoms with E-state index in [4.69, 9.17) is 16.3 Å². The molecule has 22 heavy (non-hydrogen) atoms. The first-order valence-corrected chi connectivity index (χ1v) is 6.77. The molecular formula is C16H14ClNO4. The molecule has 0 aliphatic rings. The minimum atomic E-state index is -0.354. The summed E-state index contributed by atoms with van der Waals surface area (Å²) in [5.41, 5.74) is 0.587. The van der Waals surface area contributed by atoms with E-state index in [1.165, 1.54) is 37.6 Å². The zero-order chi connectivity index (χ0) is 16.1. The van der Waals surface area contributed by atoms with Crippen LogP contribution in [-0.4, -0.2) is 35.9 Å². The predicted molar refractivity (Wildman–Crippen MR) is 84.6 cm³/mol. The van der Waals surface area contributed by atoms with E-state index >= 15 is 0 Å².